The molecule has 86 valence electrons. The van der Waals surface area contributed by atoms with Gasteiger partial charge in [0, 0.05) is 4.47 Å². The molecule has 0 spiro atoms. The highest BCUT2D eigenvalue weighted by molar-refractivity contribution is 9.10. The molecule has 0 amide bonds. The van der Waals surface area contributed by atoms with E-state index in [4.69, 9.17) is 22.3 Å². The summed E-state index contributed by atoms with van der Waals surface area (Å²) in [7, 11) is 0. The third kappa shape index (κ3) is 3.86. The molecule has 0 N–H and O–H groups in total. The van der Waals surface area contributed by atoms with E-state index in [2.05, 4.69) is 27.8 Å². The van der Waals surface area contributed by atoms with E-state index in [0.29, 0.717) is 5.75 Å². The molecule has 0 aliphatic carbocycles. The van der Waals surface area contributed by atoms with Crippen molar-refractivity contribution in [2.75, 3.05) is 13.2 Å². The van der Waals surface area contributed by atoms with Crippen LogP contribution in [-0.2, 0) is 4.74 Å². The van der Waals surface area contributed by atoms with Crippen LogP contribution in [0.3, 0.4) is 0 Å². The fraction of sp³-hybridized carbons (Fsp3) is 0.154. The maximum atomic E-state index is 11.7. The van der Waals surface area contributed by atoms with Crippen molar-refractivity contribution < 1.29 is 14.3 Å². The summed E-state index contributed by atoms with van der Waals surface area (Å²) in [6, 6.07) is 4.96. The van der Waals surface area contributed by atoms with Gasteiger partial charge in [-0.1, -0.05) is 27.8 Å². The Morgan fingerprint density at radius 3 is 2.65 bits per heavy atom. The molecule has 0 saturated carbocycles. The number of esters is 1. The van der Waals surface area contributed by atoms with Crippen molar-refractivity contribution in [1.82, 2.24) is 0 Å². The summed E-state index contributed by atoms with van der Waals surface area (Å²) in [5.41, 5.74) is 0.282. The fourth-order valence-electron chi connectivity index (χ4n) is 1.09. The molecular formula is C13H9BrO3. The Bertz CT molecular complexity index is 494. The normalized spacial score (nSPS) is 8.88. The van der Waals surface area contributed by atoms with E-state index in [9.17, 15) is 4.79 Å². The Morgan fingerprint density at radius 1 is 1.29 bits per heavy atom. The molecule has 4 heteroatoms. The first-order chi connectivity index (χ1) is 8.19. The Kier molecular flexibility index (Phi) is 5.13. The maximum Gasteiger partial charge on any atom is 0.342 e. The summed E-state index contributed by atoms with van der Waals surface area (Å²) < 4.78 is 10.8. The zero-order chi connectivity index (χ0) is 12.7. The highest BCUT2D eigenvalue weighted by atomic mass is 79.9. The van der Waals surface area contributed by atoms with Crippen LogP contribution in [0.2, 0.25) is 0 Å². The second-order valence-electron chi connectivity index (χ2n) is 2.91. The quantitative estimate of drug-likeness (QED) is 0.631. The molecule has 1 rings (SSSR count). The molecule has 0 aliphatic rings. The number of carbonyl (C=O) groups is 1. The van der Waals surface area contributed by atoms with Gasteiger partial charge in [-0.2, -0.15) is 0 Å². The van der Waals surface area contributed by atoms with E-state index in [1.165, 1.54) is 0 Å². The topological polar surface area (TPSA) is 35.5 Å². The van der Waals surface area contributed by atoms with Crippen molar-refractivity contribution in [3.05, 3.63) is 28.2 Å². The van der Waals surface area contributed by atoms with Crippen LogP contribution in [-0.4, -0.2) is 19.2 Å². The maximum absolute atomic E-state index is 11.7. The van der Waals surface area contributed by atoms with E-state index < -0.39 is 5.97 Å². The van der Waals surface area contributed by atoms with Crippen molar-refractivity contribution in [2.24, 2.45) is 0 Å². The van der Waals surface area contributed by atoms with Gasteiger partial charge in [0.05, 0.1) is 0 Å². The summed E-state index contributed by atoms with van der Waals surface area (Å²) in [5, 5.41) is 0. The minimum Gasteiger partial charge on any atom is -0.480 e. The van der Waals surface area contributed by atoms with Crippen molar-refractivity contribution >= 4 is 21.9 Å². The lowest BCUT2D eigenvalue weighted by atomic mass is 10.2. The first-order valence-electron chi connectivity index (χ1n) is 4.65. The summed E-state index contributed by atoms with van der Waals surface area (Å²) in [5.74, 6) is 4.36. The first-order valence-corrected chi connectivity index (χ1v) is 5.44. The molecule has 1 aromatic carbocycles. The second kappa shape index (κ2) is 6.62. The van der Waals surface area contributed by atoms with Gasteiger partial charge in [-0.3, -0.25) is 0 Å². The number of terminal acetylenes is 2. The van der Waals surface area contributed by atoms with Crippen LogP contribution in [0.1, 0.15) is 10.4 Å². The molecule has 0 unspecified atom stereocenters. The highest BCUT2D eigenvalue weighted by Gasteiger charge is 2.14. The average molecular weight is 293 g/mol. The van der Waals surface area contributed by atoms with Crippen LogP contribution < -0.4 is 4.74 Å². The molecule has 0 bridgehead atoms. The van der Waals surface area contributed by atoms with E-state index >= 15 is 0 Å². The first kappa shape index (κ1) is 13.2. The van der Waals surface area contributed by atoms with Crippen molar-refractivity contribution in [2.45, 2.75) is 0 Å². The van der Waals surface area contributed by atoms with Crippen LogP contribution in [0.15, 0.2) is 22.7 Å². The molecule has 0 aromatic heterocycles. The van der Waals surface area contributed by atoms with Gasteiger partial charge in [-0.05, 0) is 18.2 Å². The number of carbonyl (C=O) groups excluding carboxylic acids is 1. The van der Waals surface area contributed by atoms with E-state index in [1.807, 2.05) is 0 Å². The largest absolute Gasteiger partial charge is 0.480 e. The van der Waals surface area contributed by atoms with Crippen molar-refractivity contribution in [1.29, 1.82) is 0 Å². The predicted molar refractivity (Wildman–Crippen MR) is 67.6 cm³/mol. The Hall–Kier alpha value is -1.91. The summed E-state index contributed by atoms with van der Waals surface area (Å²) in [4.78, 5) is 11.7. The van der Waals surface area contributed by atoms with Crippen LogP contribution in [0.5, 0.6) is 5.75 Å². The average Bonchev–Trinajstić information content (AvgIpc) is 2.34. The van der Waals surface area contributed by atoms with Crippen LogP contribution in [0.25, 0.3) is 0 Å². The van der Waals surface area contributed by atoms with Crippen LogP contribution in [0.4, 0.5) is 0 Å². The lowest BCUT2D eigenvalue weighted by Crippen LogP contribution is -2.08. The molecule has 0 radical (unpaired) electrons. The molecule has 0 atom stereocenters. The van der Waals surface area contributed by atoms with E-state index in [1.54, 1.807) is 18.2 Å². The standard InChI is InChI=1S/C13H9BrO3/c1-3-7-16-12-6-5-10(14)9-11(12)13(15)17-8-4-2/h1-2,5-6,9H,7-8H2. The lowest BCUT2D eigenvalue weighted by Gasteiger charge is -2.08. The molecule has 0 saturated heterocycles. The Morgan fingerprint density at radius 2 is 2.00 bits per heavy atom. The summed E-state index contributed by atoms with van der Waals surface area (Å²) in [6.07, 6.45) is 10.1. The molecule has 3 nitrogen and oxygen atoms in total. The predicted octanol–water partition coefficient (Wildman–Crippen LogP) is 2.25. The van der Waals surface area contributed by atoms with Crippen molar-refractivity contribution in [3.63, 3.8) is 0 Å². The Balaban J connectivity index is 2.95. The number of hydrogen-bond donors (Lipinski definition) is 0. The third-order valence-corrected chi connectivity index (χ3v) is 2.25. The second-order valence-corrected chi connectivity index (χ2v) is 3.83. The summed E-state index contributed by atoms with van der Waals surface area (Å²) >= 11 is 3.26. The molecule has 17 heavy (non-hydrogen) atoms. The molecule has 1 aromatic rings. The summed E-state index contributed by atoms with van der Waals surface area (Å²) in [6.45, 7) is -0.00300. The van der Waals surface area contributed by atoms with Gasteiger partial charge >= 0.3 is 5.97 Å². The van der Waals surface area contributed by atoms with Gasteiger partial charge in [0.25, 0.3) is 0 Å². The zero-order valence-electron chi connectivity index (χ0n) is 8.90. The Labute approximate surface area is 108 Å². The van der Waals surface area contributed by atoms with Gasteiger partial charge in [0.2, 0.25) is 0 Å². The smallest absolute Gasteiger partial charge is 0.342 e. The van der Waals surface area contributed by atoms with Gasteiger partial charge in [0.1, 0.15) is 17.9 Å². The molecule has 0 heterocycles. The molecule has 0 fully saturated rings. The van der Waals surface area contributed by atoms with Gasteiger partial charge in [-0.15, -0.1) is 12.8 Å². The van der Waals surface area contributed by atoms with Gasteiger partial charge in [0.15, 0.2) is 6.61 Å². The molecule has 0 aliphatic heterocycles. The monoisotopic (exact) mass is 292 g/mol. The van der Waals surface area contributed by atoms with Gasteiger partial charge < -0.3 is 9.47 Å². The number of ether oxygens (including phenoxy) is 2. The number of benzene rings is 1. The number of halogens is 1. The SMILES string of the molecule is C#CCOC(=O)c1cc(Br)ccc1OCC#C. The van der Waals surface area contributed by atoms with Gasteiger partial charge in [-0.25, -0.2) is 4.79 Å². The van der Waals surface area contributed by atoms with Crippen molar-refractivity contribution in [3.8, 4) is 30.4 Å². The number of hydrogen-bond acceptors (Lipinski definition) is 3. The fourth-order valence-corrected chi connectivity index (χ4v) is 1.45. The minimum atomic E-state index is -0.545. The molecular weight excluding hydrogens is 284 g/mol. The number of rotatable bonds is 4. The van der Waals surface area contributed by atoms with E-state index in [-0.39, 0.29) is 18.8 Å². The van der Waals surface area contributed by atoms with E-state index in [0.717, 1.165) is 4.47 Å². The zero-order valence-corrected chi connectivity index (χ0v) is 10.5. The third-order valence-electron chi connectivity index (χ3n) is 1.76. The van der Waals surface area contributed by atoms with Crippen LogP contribution in [0, 0.1) is 24.7 Å². The highest BCUT2D eigenvalue weighted by Crippen LogP contribution is 2.24. The lowest BCUT2D eigenvalue weighted by molar-refractivity contribution is 0.0552. The van der Waals surface area contributed by atoms with Crippen LogP contribution >= 0.6 is 15.9 Å². The minimum absolute atomic E-state index is 0.0804.